The van der Waals surface area contributed by atoms with Gasteiger partial charge in [-0.2, -0.15) is 0 Å². The largest absolute Gasteiger partial charge is 0.419 e. The number of aromatic nitrogens is 1. The number of aryl methyl sites for hydroxylation is 1. The van der Waals surface area contributed by atoms with Crippen LogP contribution in [0.4, 0.5) is 0 Å². The van der Waals surface area contributed by atoms with E-state index in [2.05, 4.69) is 0 Å². The summed E-state index contributed by atoms with van der Waals surface area (Å²) in [5, 5.41) is 0. The molecule has 0 spiro atoms. The van der Waals surface area contributed by atoms with Crippen LogP contribution in [0.2, 0.25) is 0 Å². The van der Waals surface area contributed by atoms with Crippen LogP contribution in [-0.4, -0.2) is 16.2 Å². The van der Waals surface area contributed by atoms with E-state index >= 15 is 0 Å². The highest BCUT2D eigenvalue weighted by Crippen LogP contribution is 2.16. The predicted octanol–water partition coefficient (Wildman–Crippen LogP) is 2.43. The van der Waals surface area contributed by atoms with E-state index in [1.165, 1.54) is 11.5 Å². The number of nitrogens with zero attached hydrogens (tertiary/aromatic N) is 1. The molecular formula is C12H12ClNO3. The van der Waals surface area contributed by atoms with Crippen molar-refractivity contribution in [1.29, 1.82) is 0 Å². The van der Waals surface area contributed by atoms with Gasteiger partial charge in [0.15, 0.2) is 11.4 Å². The molecule has 1 aromatic carbocycles. The Bertz CT molecular complexity index is 612. The summed E-state index contributed by atoms with van der Waals surface area (Å²) < 4.78 is 6.59. The van der Waals surface area contributed by atoms with E-state index in [0.29, 0.717) is 35.5 Å². The summed E-state index contributed by atoms with van der Waals surface area (Å²) in [4.78, 5) is 22.9. The van der Waals surface area contributed by atoms with Crippen LogP contribution in [-0.2, 0) is 6.54 Å². The lowest BCUT2D eigenvalue weighted by molar-refractivity contribution is 0.101. The van der Waals surface area contributed by atoms with Gasteiger partial charge >= 0.3 is 5.76 Å². The SMILES string of the molecule is CC(=O)c1ccc2oc(=O)n(CCCCl)c2c1. The third-order valence-corrected chi connectivity index (χ3v) is 2.86. The normalized spacial score (nSPS) is 10.9. The smallest absolute Gasteiger partial charge is 0.408 e. The first-order valence-electron chi connectivity index (χ1n) is 5.34. The minimum atomic E-state index is -0.411. The van der Waals surface area contributed by atoms with E-state index in [9.17, 15) is 9.59 Å². The third kappa shape index (κ3) is 2.26. The molecule has 0 aliphatic carbocycles. The molecule has 0 aliphatic rings. The number of ketones is 1. The van der Waals surface area contributed by atoms with Gasteiger partial charge in [-0.1, -0.05) is 0 Å². The second-order valence-electron chi connectivity index (χ2n) is 3.80. The van der Waals surface area contributed by atoms with Crippen LogP contribution in [0.3, 0.4) is 0 Å². The quantitative estimate of drug-likeness (QED) is 0.621. The highest BCUT2D eigenvalue weighted by Gasteiger charge is 2.10. The fourth-order valence-electron chi connectivity index (χ4n) is 1.71. The van der Waals surface area contributed by atoms with Gasteiger partial charge < -0.3 is 4.42 Å². The Morgan fingerprint density at radius 3 is 2.88 bits per heavy atom. The van der Waals surface area contributed by atoms with Crippen molar-refractivity contribution in [3.63, 3.8) is 0 Å². The molecule has 2 aromatic rings. The van der Waals surface area contributed by atoms with Crippen molar-refractivity contribution >= 4 is 28.5 Å². The minimum absolute atomic E-state index is 0.0376. The van der Waals surface area contributed by atoms with Gasteiger partial charge in [0.25, 0.3) is 0 Å². The number of carbonyl (C=O) groups excluding carboxylic acids is 1. The average molecular weight is 254 g/mol. The van der Waals surface area contributed by atoms with Gasteiger partial charge in [-0.25, -0.2) is 4.79 Å². The Kier molecular flexibility index (Phi) is 3.33. The molecule has 0 fully saturated rings. The molecule has 0 atom stereocenters. The molecule has 0 aliphatic heterocycles. The van der Waals surface area contributed by atoms with Gasteiger partial charge in [-0.05, 0) is 31.5 Å². The van der Waals surface area contributed by atoms with Gasteiger partial charge in [-0.15, -0.1) is 11.6 Å². The number of fused-ring (bicyclic) bond motifs is 1. The first-order valence-corrected chi connectivity index (χ1v) is 5.87. The standard InChI is InChI=1S/C12H12ClNO3/c1-8(15)9-3-4-11-10(7-9)14(6-2-5-13)12(16)17-11/h3-4,7H,2,5-6H2,1H3. The molecule has 2 rings (SSSR count). The van der Waals surface area contributed by atoms with Gasteiger partial charge in [0.1, 0.15) is 0 Å². The van der Waals surface area contributed by atoms with E-state index in [0.717, 1.165) is 0 Å². The lowest BCUT2D eigenvalue weighted by Crippen LogP contribution is -2.14. The number of halogens is 1. The molecule has 1 aromatic heterocycles. The van der Waals surface area contributed by atoms with E-state index in [1.54, 1.807) is 18.2 Å². The maximum Gasteiger partial charge on any atom is 0.419 e. The lowest BCUT2D eigenvalue weighted by Gasteiger charge is -2.00. The van der Waals surface area contributed by atoms with Crippen LogP contribution >= 0.6 is 11.6 Å². The molecule has 0 N–H and O–H groups in total. The number of rotatable bonds is 4. The van der Waals surface area contributed by atoms with E-state index in [1.807, 2.05) is 0 Å². The molecule has 90 valence electrons. The monoisotopic (exact) mass is 253 g/mol. The number of alkyl halides is 1. The van der Waals surface area contributed by atoms with Crippen LogP contribution in [0.15, 0.2) is 27.4 Å². The molecule has 4 nitrogen and oxygen atoms in total. The average Bonchev–Trinajstić information content (AvgIpc) is 2.61. The van der Waals surface area contributed by atoms with Crippen LogP contribution in [0.1, 0.15) is 23.7 Å². The topological polar surface area (TPSA) is 52.2 Å². The summed E-state index contributed by atoms with van der Waals surface area (Å²) in [6, 6.07) is 4.97. The summed E-state index contributed by atoms with van der Waals surface area (Å²) >= 11 is 5.60. The summed E-state index contributed by atoms with van der Waals surface area (Å²) in [6.45, 7) is 1.99. The van der Waals surface area contributed by atoms with Crippen molar-refractivity contribution in [2.75, 3.05) is 5.88 Å². The summed E-state index contributed by atoms with van der Waals surface area (Å²) in [6.07, 6.45) is 0.681. The molecular weight excluding hydrogens is 242 g/mol. The molecule has 5 heteroatoms. The van der Waals surface area contributed by atoms with Crippen LogP contribution in [0.5, 0.6) is 0 Å². The molecule has 0 saturated carbocycles. The highest BCUT2D eigenvalue weighted by molar-refractivity contribution is 6.17. The van der Waals surface area contributed by atoms with E-state index < -0.39 is 5.76 Å². The molecule has 0 amide bonds. The molecule has 17 heavy (non-hydrogen) atoms. The predicted molar refractivity (Wildman–Crippen MR) is 65.8 cm³/mol. The van der Waals surface area contributed by atoms with Gasteiger partial charge in [-0.3, -0.25) is 9.36 Å². The van der Waals surface area contributed by atoms with Crippen molar-refractivity contribution in [2.24, 2.45) is 0 Å². The Labute approximate surface area is 103 Å². The van der Waals surface area contributed by atoms with Crippen molar-refractivity contribution in [3.05, 3.63) is 34.3 Å². The van der Waals surface area contributed by atoms with Crippen LogP contribution in [0, 0.1) is 0 Å². The highest BCUT2D eigenvalue weighted by atomic mass is 35.5. The number of oxazole rings is 1. The molecule has 0 saturated heterocycles. The number of hydrogen-bond acceptors (Lipinski definition) is 3. The third-order valence-electron chi connectivity index (χ3n) is 2.59. The maximum absolute atomic E-state index is 11.6. The van der Waals surface area contributed by atoms with Crippen molar-refractivity contribution in [2.45, 2.75) is 19.9 Å². The molecule has 0 unspecified atom stereocenters. The zero-order chi connectivity index (χ0) is 12.4. The fraction of sp³-hybridized carbons (Fsp3) is 0.333. The molecule has 0 radical (unpaired) electrons. The number of hydrogen-bond donors (Lipinski definition) is 0. The number of carbonyl (C=O) groups is 1. The Morgan fingerprint density at radius 2 is 2.24 bits per heavy atom. The summed E-state index contributed by atoms with van der Waals surface area (Å²) in [5.74, 6) is 0.0289. The number of benzene rings is 1. The van der Waals surface area contributed by atoms with Crippen molar-refractivity contribution < 1.29 is 9.21 Å². The van der Waals surface area contributed by atoms with Gasteiger partial charge in [0.2, 0.25) is 0 Å². The lowest BCUT2D eigenvalue weighted by atomic mass is 10.1. The molecule has 1 heterocycles. The number of Topliss-reactive ketones (excluding diaryl/α,β-unsaturated/α-hetero) is 1. The second kappa shape index (κ2) is 4.75. The Morgan fingerprint density at radius 1 is 1.47 bits per heavy atom. The first kappa shape index (κ1) is 11.9. The van der Waals surface area contributed by atoms with Crippen LogP contribution in [0.25, 0.3) is 11.1 Å². The van der Waals surface area contributed by atoms with Crippen LogP contribution < -0.4 is 5.76 Å². The van der Waals surface area contributed by atoms with Gasteiger partial charge in [0.05, 0.1) is 5.52 Å². The molecule has 0 bridgehead atoms. The van der Waals surface area contributed by atoms with Crippen molar-refractivity contribution in [1.82, 2.24) is 4.57 Å². The van der Waals surface area contributed by atoms with Crippen molar-refractivity contribution in [3.8, 4) is 0 Å². The zero-order valence-electron chi connectivity index (χ0n) is 9.40. The maximum atomic E-state index is 11.6. The Hall–Kier alpha value is -1.55. The Balaban J connectivity index is 2.57. The van der Waals surface area contributed by atoms with E-state index in [4.69, 9.17) is 16.0 Å². The zero-order valence-corrected chi connectivity index (χ0v) is 10.2. The first-order chi connectivity index (χ1) is 8.13. The van der Waals surface area contributed by atoms with Gasteiger partial charge in [0, 0.05) is 18.0 Å². The van der Waals surface area contributed by atoms with E-state index in [-0.39, 0.29) is 5.78 Å². The second-order valence-corrected chi connectivity index (χ2v) is 4.18. The summed E-state index contributed by atoms with van der Waals surface area (Å²) in [5.41, 5.74) is 1.71. The summed E-state index contributed by atoms with van der Waals surface area (Å²) in [7, 11) is 0. The minimum Gasteiger partial charge on any atom is -0.408 e. The fourth-order valence-corrected chi connectivity index (χ4v) is 1.83.